The van der Waals surface area contributed by atoms with Gasteiger partial charge in [-0.15, -0.1) is 0 Å². The van der Waals surface area contributed by atoms with Gasteiger partial charge in [0.15, 0.2) is 0 Å². The van der Waals surface area contributed by atoms with Crippen molar-refractivity contribution in [3.63, 3.8) is 0 Å². The molecule has 3 N–H and O–H groups in total. The molecule has 0 aromatic carbocycles. The number of primary amides is 1. The molecule has 1 aromatic heterocycles. The van der Waals surface area contributed by atoms with Crippen LogP contribution in [0.2, 0.25) is 0 Å². The summed E-state index contributed by atoms with van der Waals surface area (Å²) in [5.41, 5.74) is 4.55. The van der Waals surface area contributed by atoms with Gasteiger partial charge in [0.1, 0.15) is 4.90 Å². The van der Waals surface area contributed by atoms with Crippen LogP contribution in [0.15, 0.2) is 17.3 Å². The SMILES string of the molecule is Cn1cc(S(=O)(=O)NCC2(C(N)=O)CCOCC2)cn1. The standard InChI is InChI=1S/C11H18N4O4S/c1-15-7-9(6-13-15)20(17,18)14-8-11(10(12)16)2-4-19-5-3-11/h6-7,14H,2-5,8H2,1H3,(H2,12,16). The Bertz CT molecular complexity index is 589. The third-order valence-corrected chi connectivity index (χ3v) is 4.92. The van der Waals surface area contributed by atoms with Crippen LogP contribution in [0.4, 0.5) is 0 Å². The molecule has 0 aliphatic carbocycles. The molecule has 1 aromatic rings. The summed E-state index contributed by atoms with van der Waals surface area (Å²) in [4.78, 5) is 11.7. The number of hydrogen-bond donors (Lipinski definition) is 2. The quantitative estimate of drug-likeness (QED) is 0.722. The zero-order chi connectivity index (χ0) is 14.8. The fraction of sp³-hybridized carbons (Fsp3) is 0.636. The Labute approximate surface area is 117 Å². The van der Waals surface area contributed by atoms with Crippen molar-refractivity contribution in [3.05, 3.63) is 12.4 Å². The lowest BCUT2D eigenvalue weighted by Crippen LogP contribution is -2.49. The maximum atomic E-state index is 12.1. The van der Waals surface area contributed by atoms with E-state index in [4.69, 9.17) is 10.5 Å². The molecule has 9 heteroatoms. The third kappa shape index (κ3) is 3.00. The second kappa shape index (κ2) is 5.51. The fourth-order valence-electron chi connectivity index (χ4n) is 2.13. The van der Waals surface area contributed by atoms with Crippen LogP contribution in [0.25, 0.3) is 0 Å². The van der Waals surface area contributed by atoms with E-state index in [2.05, 4.69) is 9.82 Å². The predicted octanol–water partition coefficient (Wildman–Crippen LogP) is -1.02. The van der Waals surface area contributed by atoms with Crippen LogP contribution in [0.1, 0.15) is 12.8 Å². The van der Waals surface area contributed by atoms with E-state index in [-0.39, 0.29) is 11.4 Å². The van der Waals surface area contributed by atoms with Gasteiger partial charge in [0.2, 0.25) is 15.9 Å². The molecule has 1 fully saturated rings. The third-order valence-electron chi connectivity index (χ3n) is 3.56. The van der Waals surface area contributed by atoms with E-state index >= 15 is 0 Å². The Balaban J connectivity index is 2.11. The van der Waals surface area contributed by atoms with Crippen LogP contribution < -0.4 is 10.5 Å². The summed E-state index contributed by atoms with van der Waals surface area (Å²) in [6.07, 6.45) is 3.47. The van der Waals surface area contributed by atoms with E-state index in [9.17, 15) is 13.2 Å². The molecule has 2 heterocycles. The van der Waals surface area contributed by atoms with Crippen LogP contribution in [0.5, 0.6) is 0 Å². The van der Waals surface area contributed by atoms with E-state index in [1.807, 2.05) is 0 Å². The molecule has 8 nitrogen and oxygen atoms in total. The number of nitrogens with zero attached hydrogens (tertiary/aromatic N) is 2. The van der Waals surface area contributed by atoms with Crippen molar-refractivity contribution in [2.24, 2.45) is 18.2 Å². The molecule has 0 bridgehead atoms. The minimum atomic E-state index is -3.69. The number of aryl methyl sites for hydroxylation is 1. The summed E-state index contributed by atoms with van der Waals surface area (Å²) in [5, 5.41) is 3.82. The molecule has 112 valence electrons. The highest BCUT2D eigenvalue weighted by Gasteiger charge is 2.39. The topological polar surface area (TPSA) is 116 Å². The Morgan fingerprint density at radius 3 is 2.70 bits per heavy atom. The van der Waals surface area contributed by atoms with Gasteiger partial charge in [0.05, 0.1) is 11.6 Å². The van der Waals surface area contributed by atoms with Gasteiger partial charge in [0.25, 0.3) is 0 Å². The first-order valence-electron chi connectivity index (χ1n) is 6.22. The van der Waals surface area contributed by atoms with Gasteiger partial charge in [-0.25, -0.2) is 13.1 Å². The van der Waals surface area contributed by atoms with Crippen molar-refractivity contribution >= 4 is 15.9 Å². The first-order chi connectivity index (χ1) is 9.36. The predicted molar refractivity (Wildman–Crippen MR) is 70.1 cm³/mol. The van der Waals surface area contributed by atoms with Crippen LogP contribution in [0.3, 0.4) is 0 Å². The molecule has 0 radical (unpaired) electrons. The van der Waals surface area contributed by atoms with Gasteiger partial charge in [0, 0.05) is 33.0 Å². The van der Waals surface area contributed by atoms with Crippen molar-refractivity contribution in [1.29, 1.82) is 0 Å². The molecule has 20 heavy (non-hydrogen) atoms. The Morgan fingerprint density at radius 2 is 2.20 bits per heavy atom. The molecular weight excluding hydrogens is 284 g/mol. The molecule has 0 saturated carbocycles. The number of amides is 1. The zero-order valence-electron chi connectivity index (χ0n) is 11.2. The maximum Gasteiger partial charge on any atom is 0.243 e. The van der Waals surface area contributed by atoms with E-state index in [0.29, 0.717) is 26.1 Å². The number of sulfonamides is 1. The normalized spacial score (nSPS) is 18.9. The monoisotopic (exact) mass is 302 g/mol. The highest BCUT2D eigenvalue weighted by molar-refractivity contribution is 7.89. The maximum absolute atomic E-state index is 12.1. The van der Waals surface area contributed by atoms with Crippen molar-refractivity contribution in [1.82, 2.24) is 14.5 Å². The second-order valence-corrected chi connectivity index (χ2v) is 6.70. The lowest BCUT2D eigenvalue weighted by Gasteiger charge is -2.34. The van der Waals surface area contributed by atoms with Crippen LogP contribution >= 0.6 is 0 Å². The number of hydrogen-bond acceptors (Lipinski definition) is 5. The Morgan fingerprint density at radius 1 is 1.55 bits per heavy atom. The molecule has 1 saturated heterocycles. The fourth-order valence-corrected chi connectivity index (χ4v) is 3.24. The highest BCUT2D eigenvalue weighted by Crippen LogP contribution is 2.29. The summed E-state index contributed by atoms with van der Waals surface area (Å²) < 4.78 is 33.2. The Hall–Kier alpha value is -1.45. The van der Waals surface area contributed by atoms with Crippen molar-refractivity contribution < 1.29 is 17.9 Å². The van der Waals surface area contributed by atoms with Crippen molar-refractivity contribution in [3.8, 4) is 0 Å². The summed E-state index contributed by atoms with van der Waals surface area (Å²) in [6.45, 7) is 0.776. The lowest BCUT2D eigenvalue weighted by atomic mass is 9.80. The summed E-state index contributed by atoms with van der Waals surface area (Å²) in [5.74, 6) is -0.505. The minimum absolute atomic E-state index is 0.0249. The van der Waals surface area contributed by atoms with E-state index in [1.54, 1.807) is 7.05 Å². The largest absolute Gasteiger partial charge is 0.381 e. The highest BCUT2D eigenvalue weighted by atomic mass is 32.2. The lowest BCUT2D eigenvalue weighted by molar-refractivity contribution is -0.132. The molecule has 0 unspecified atom stereocenters. The first kappa shape index (κ1) is 14.9. The van der Waals surface area contributed by atoms with E-state index in [1.165, 1.54) is 17.1 Å². The number of ether oxygens (including phenoxy) is 1. The van der Waals surface area contributed by atoms with Crippen molar-refractivity contribution in [2.75, 3.05) is 19.8 Å². The smallest absolute Gasteiger partial charge is 0.243 e. The number of aromatic nitrogens is 2. The number of carbonyl (C=O) groups excluding carboxylic acids is 1. The van der Waals surface area contributed by atoms with Crippen LogP contribution in [-0.2, 0) is 26.6 Å². The average Bonchev–Trinajstić information content (AvgIpc) is 2.85. The van der Waals surface area contributed by atoms with E-state index < -0.39 is 21.3 Å². The number of rotatable bonds is 5. The average molecular weight is 302 g/mol. The molecule has 1 aliphatic heterocycles. The van der Waals surface area contributed by atoms with Gasteiger partial charge < -0.3 is 10.5 Å². The van der Waals surface area contributed by atoms with Gasteiger partial charge in [-0.3, -0.25) is 9.48 Å². The molecule has 1 amide bonds. The van der Waals surface area contributed by atoms with E-state index in [0.717, 1.165) is 0 Å². The number of nitrogens with one attached hydrogen (secondary N) is 1. The molecule has 1 aliphatic rings. The van der Waals surface area contributed by atoms with Crippen molar-refractivity contribution in [2.45, 2.75) is 17.7 Å². The second-order valence-electron chi connectivity index (χ2n) is 4.93. The summed E-state index contributed by atoms with van der Waals surface area (Å²) in [6, 6.07) is 0. The molecule has 0 spiro atoms. The number of carbonyl (C=O) groups is 1. The minimum Gasteiger partial charge on any atom is -0.381 e. The summed E-state index contributed by atoms with van der Waals surface area (Å²) >= 11 is 0. The van der Waals surface area contributed by atoms with Gasteiger partial charge in [-0.2, -0.15) is 5.10 Å². The van der Waals surface area contributed by atoms with Gasteiger partial charge in [-0.1, -0.05) is 0 Å². The first-order valence-corrected chi connectivity index (χ1v) is 7.70. The molecule has 2 rings (SSSR count). The van der Waals surface area contributed by atoms with Crippen LogP contribution in [0, 0.1) is 5.41 Å². The number of nitrogens with two attached hydrogens (primary N) is 1. The molecular formula is C11H18N4O4S. The van der Waals surface area contributed by atoms with Gasteiger partial charge in [-0.05, 0) is 12.8 Å². The molecule has 0 atom stereocenters. The summed E-state index contributed by atoms with van der Waals surface area (Å²) in [7, 11) is -2.07. The van der Waals surface area contributed by atoms with Gasteiger partial charge >= 0.3 is 0 Å². The van der Waals surface area contributed by atoms with Crippen LogP contribution in [-0.4, -0.2) is 43.9 Å². The zero-order valence-corrected chi connectivity index (χ0v) is 12.0. The Kier molecular flexibility index (Phi) is 4.11.